The molecule has 9 nitrogen and oxygen atoms in total. The summed E-state index contributed by atoms with van der Waals surface area (Å²) in [5.41, 5.74) is 0.425. The maximum absolute atomic E-state index is 12.7. The van der Waals surface area contributed by atoms with Crippen LogP contribution in [-0.2, 0) is 32.2 Å². The molecule has 0 saturated heterocycles. The van der Waals surface area contributed by atoms with Crippen LogP contribution in [0.3, 0.4) is 0 Å². The lowest BCUT2D eigenvalue weighted by Gasteiger charge is -2.24. The summed E-state index contributed by atoms with van der Waals surface area (Å²) in [4.78, 5) is 36.8. The van der Waals surface area contributed by atoms with Gasteiger partial charge < -0.3 is 29.6 Å². The fourth-order valence-corrected chi connectivity index (χ4v) is 3.02. The molecule has 2 N–H and O–H groups in total. The molecule has 0 aliphatic carbocycles. The van der Waals surface area contributed by atoms with Crippen LogP contribution in [0, 0.1) is 0 Å². The van der Waals surface area contributed by atoms with E-state index >= 15 is 0 Å². The van der Waals surface area contributed by atoms with Crippen LogP contribution < -0.4 is 15.4 Å². The Morgan fingerprint density at radius 2 is 1.41 bits per heavy atom. The molecule has 0 heterocycles. The minimum Gasteiger partial charge on any atom is -0.494 e. The van der Waals surface area contributed by atoms with E-state index in [1.54, 1.807) is 53.7 Å². The third-order valence-electron chi connectivity index (χ3n) is 4.63. The van der Waals surface area contributed by atoms with Gasteiger partial charge >= 0.3 is 18.2 Å². The van der Waals surface area contributed by atoms with Crippen LogP contribution in [0.4, 0.5) is 9.59 Å². The highest BCUT2D eigenvalue weighted by atomic mass is 16.6. The monoisotopic (exact) mass is 514 g/mol. The van der Waals surface area contributed by atoms with Crippen LogP contribution in [0.1, 0.15) is 59.1 Å². The Labute approximate surface area is 218 Å². The summed E-state index contributed by atoms with van der Waals surface area (Å²) in [7, 11) is 0. The molecule has 0 aliphatic rings. The zero-order valence-corrected chi connectivity index (χ0v) is 22.5. The first-order valence-corrected chi connectivity index (χ1v) is 12.2. The second-order valence-corrected chi connectivity index (χ2v) is 10.4. The van der Waals surface area contributed by atoms with Gasteiger partial charge in [-0.2, -0.15) is 0 Å². The largest absolute Gasteiger partial charge is 0.494 e. The molecule has 1 unspecified atom stereocenters. The highest BCUT2D eigenvalue weighted by Gasteiger charge is 2.27. The summed E-state index contributed by atoms with van der Waals surface area (Å²) in [6.45, 7) is 11.2. The van der Waals surface area contributed by atoms with E-state index in [2.05, 4.69) is 10.6 Å². The Balaban J connectivity index is 1.87. The van der Waals surface area contributed by atoms with Gasteiger partial charge in [-0.25, -0.2) is 14.4 Å². The van der Waals surface area contributed by atoms with Gasteiger partial charge in [-0.3, -0.25) is 0 Å². The van der Waals surface area contributed by atoms with Crippen molar-refractivity contribution in [2.45, 2.75) is 78.4 Å². The summed E-state index contributed by atoms with van der Waals surface area (Å²) in [5.74, 6) is 0.00642. The first-order chi connectivity index (χ1) is 17.3. The van der Waals surface area contributed by atoms with Crippen LogP contribution in [0.5, 0.6) is 5.75 Å². The van der Waals surface area contributed by atoms with E-state index in [1.807, 2.05) is 42.5 Å². The van der Waals surface area contributed by atoms with Crippen molar-refractivity contribution in [1.29, 1.82) is 0 Å². The Bertz CT molecular complexity index is 1010. The molecule has 37 heavy (non-hydrogen) atoms. The molecule has 0 fully saturated rings. The van der Waals surface area contributed by atoms with E-state index in [1.165, 1.54) is 0 Å². The number of carbonyl (C=O) groups is 3. The van der Waals surface area contributed by atoms with Crippen molar-refractivity contribution in [3.05, 3.63) is 65.7 Å². The average Bonchev–Trinajstić information content (AvgIpc) is 2.80. The number of amides is 2. The normalized spacial score (nSPS) is 12.2. The van der Waals surface area contributed by atoms with Gasteiger partial charge in [0.1, 0.15) is 29.6 Å². The summed E-state index contributed by atoms with van der Waals surface area (Å²) >= 11 is 0. The number of rotatable bonds is 10. The zero-order valence-electron chi connectivity index (χ0n) is 22.5. The molecule has 0 radical (unpaired) electrons. The summed E-state index contributed by atoms with van der Waals surface area (Å²) in [6.07, 6.45) is -1.03. The molecule has 2 amide bonds. The van der Waals surface area contributed by atoms with Crippen molar-refractivity contribution in [3.63, 3.8) is 0 Å². The highest BCUT2D eigenvalue weighted by Crippen LogP contribution is 2.15. The van der Waals surface area contributed by atoms with Crippen molar-refractivity contribution >= 4 is 18.2 Å². The van der Waals surface area contributed by atoms with E-state index in [0.717, 1.165) is 11.1 Å². The molecule has 0 saturated carbocycles. The van der Waals surface area contributed by atoms with Crippen LogP contribution in [0.25, 0.3) is 0 Å². The second-order valence-electron chi connectivity index (χ2n) is 10.4. The molecular weight excluding hydrogens is 476 g/mol. The number of alkyl carbamates (subject to hydrolysis) is 2. The van der Waals surface area contributed by atoms with E-state index in [9.17, 15) is 14.4 Å². The van der Waals surface area contributed by atoms with Crippen LogP contribution in [0.15, 0.2) is 54.6 Å². The molecule has 2 rings (SSSR count). The Morgan fingerprint density at radius 3 is 2.00 bits per heavy atom. The Morgan fingerprint density at radius 1 is 0.784 bits per heavy atom. The van der Waals surface area contributed by atoms with Crippen molar-refractivity contribution in [2.75, 3.05) is 6.61 Å². The predicted molar refractivity (Wildman–Crippen MR) is 139 cm³/mol. The number of esters is 1. The molecule has 2 aromatic carbocycles. The van der Waals surface area contributed by atoms with E-state index in [-0.39, 0.29) is 19.6 Å². The number of hydrogen-bond acceptors (Lipinski definition) is 7. The van der Waals surface area contributed by atoms with Crippen molar-refractivity contribution in [2.24, 2.45) is 0 Å². The molecule has 0 spiro atoms. The summed E-state index contributed by atoms with van der Waals surface area (Å²) < 4.78 is 21.7. The molecule has 0 aliphatic heterocycles. The molecule has 0 bridgehead atoms. The fraction of sp³-hybridized carbons (Fsp3) is 0.464. The van der Waals surface area contributed by atoms with Crippen molar-refractivity contribution in [1.82, 2.24) is 10.6 Å². The van der Waals surface area contributed by atoms with Crippen molar-refractivity contribution < 1.29 is 33.3 Å². The fourth-order valence-electron chi connectivity index (χ4n) is 3.02. The van der Waals surface area contributed by atoms with Gasteiger partial charge in [0.15, 0.2) is 0 Å². The number of nitrogens with one attached hydrogen (secondary N) is 2. The maximum atomic E-state index is 12.7. The lowest BCUT2D eigenvalue weighted by Crippen LogP contribution is -2.45. The quantitative estimate of drug-likeness (QED) is 0.334. The lowest BCUT2D eigenvalue weighted by atomic mass is 10.1. The van der Waals surface area contributed by atoms with Crippen LogP contribution >= 0.6 is 0 Å². The SMILES string of the molecule is CC(C)(C)OC(=O)NCc1ccc(OCCC(NC(=O)OCc2ccccc2)C(=O)OC(C)(C)C)cc1. The zero-order chi connectivity index (χ0) is 27.5. The van der Waals surface area contributed by atoms with E-state index in [0.29, 0.717) is 12.3 Å². The third-order valence-corrected chi connectivity index (χ3v) is 4.63. The Hall–Kier alpha value is -3.75. The van der Waals surface area contributed by atoms with Gasteiger partial charge in [-0.15, -0.1) is 0 Å². The maximum Gasteiger partial charge on any atom is 0.408 e. The molecule has 2 aromatic rings. The highest BCUT2D eigenvalue weighted by molar-refractivity contribution is 5.81. The first kappa shape index (κ1) is 29.5. The van der Waals surface area contributed by atoms with Gasteiger partial charge in [0.2, 0.25) is 0 Å². The third kappa shape index (κ3) is 12.7. The van der Waals surface area contributed by atoms with E-state index in [4.69, 9.17) is 18.9 Å². The van der Waals surface area contributed by atoms with Gasteiger partial charge in [-0.1, -0.05) is 42.5 Å². The molecular formula is C28H38N2O7. The smallest absolute Gasteiger partial charge is 0.408 e. The van der Waals surface area contributed by atoms with Gasteiger partial charge in [-0.05, 0) is 64.8 Å². The van der Waals surface area contributed by atoms with Crippen LogP contribution in [0.2, 0.25) is 0 Å². The molecule has 9 heteroatoms. The summed E-state index contributed by atoms with van der Waals surface area (Å²) in [5, 5.41) is 5.28. The van der Waals surface area contributed by atoms with Crippen molar-refractivity contribution in [3.8, 4) is 5.75 Å². The predicted octanol–water partition coefficient (Wildman–Crippen LogP) is 5.12. The minimum atomic E-state index is -0.945. The number of carbonyl (C=O) groups excluding carboxylic acids is 3. The van der Waals surface area contributed by atoms with Gasteiger partial charge in [0.25, 0.3) is 0 Å². The molecule has 1 atom stereocenters. The number of hydrogen-bond donors (Lipinski definition) is 2. The topological polar surface area (TPSA) is 112 Å². The lowest BCUT2D eigenvalue weighted by molar-refractivity contribution is -0.157. The number of benzene rings is 2. The first-order valence-electron chi connectivity index (χ1n) is 12.2. The van der Waals surface area contributed by atoms with Gasteiger partial charge in [0, 0.05) is 13.0 Å². The molecule has 202 valence electrons. The van der Waals surface area contributed by atoms with E-state index < -0.39 is 35.4 Å². The average molecular weight is 515 g/mol. The number of ether oxygens (including phenoxy) is 4. The van der Waals surface area contributed by atoms with Crippen LogP contribution in [-0.4, -0.2) is 42.0 Å². The van der Waals surface area contributed by atoms with Gasteiger partial charge in [0.05, 0.1) is 6.61 Å². The summed E-state index contributed by atoms with van der Waals surface area (Å²) in [6, 6.07) is 15.5. The minimum absolute atomic E-state index is 0.0827. The second kappa shape index (κ2) is 13.5. The molecule has 0 aromatic heterocycles. The standard InChI is InChI=1S/C28H38N2O7/c1-27(2,3)36-24(31)23(30-26(33)35-19-21-10-8-7-9-11-21)16-17-34-22-14-12-20(13-15-22)18-29-25(32)37-28(4,5)6/h7-15,23H,16-19H2,1-6H3,(H,29,32)(H,30,33). The Kier molecular flexibility index (Phi) is 10.8.